The van der Waals surface area contributed by atoms with Crippen LogP contribution in [-0.4, -0.2) is 67.5 Å². The van der Waals surface area contributed by atoms with Gasteiger partial charge in [-0.1, -0.05) is 37.6 Å². The van der Waals surface area contributed by atoms with E-state index in [0.717, 1.165) is 35.2 Å². The highest BCUT2D eigenvalue weighted by Crippen LogP contribution is 2.32. The Kier molecular flexibility index (Phi) is 9.02. The SMILES string of the molecule is CCCCOc1ccc(S(=O)(=O)N2CCN(C(C)c3nc(Nc4ccccc4OC)c4ccccc4n3)CC2)cc1. The van der Waals surface area contributed by atoms with Gasteiger partial charge in [-0.2, -0.15) is 4.31 Å². The first kappa shape index (κ1) is 28.8. The fraction of sp³-hybridized carbons (Fsp3) is 0.355. The molecule has 0 bridgehead atoms. The molecule has 1 N–H and O–H groups in total. The van der Waals surface area contributed by atoms with E-state index in [1.807, 2.05) is 48.5 Å². The maximum atomic E-state index is 13.3. The third-order valence-electron chi connectivity index (χ3n) is 7.40. The average Bonchev–Trinajstić information content (AvgIpc) is 3.01. The van der Waals surface area contributed by atoms with Gasteiger partial charge in [0.05, 0.1) is 35.9 Å². The van der Waals surface area contributed by atoms with E-state index in [9.17, 15) is 8.42 Å². The smallest absolute Gasteiger partial charge is 0.243 e. The first-order valence-electron chi connectivity index (χ1n) is 14.0. The maximum Gasteiger partial charge on any atom is 0.243 e. The highest BCUT2D eigenvalue weighted by atomic mass is 32.2. The summed E-state index contributed by atoms with van der Waals surface area (Å²) in [7, 11) is -1.95. The molecule has 1 aromatic heterocycles. The average molecular weight is 576 g/mol. The number of anilines is 2. The van der Waals surface area contributed by atoms with E-state index in [1.165, 1.54) is 0 Å². The molecule has 2 heterocycles. The summed E-state index contributed by atoms with van der Waals surface area (Å²) in [5.74, 6) is 2.79. The lowest BCUT2D eigenvalue weighted by molar-refractivity contribution is 0.141. The van der Waals surface area contributed by atoms with Crippen LogP contribution in [0.5, 0.6) is 11.5 Å². The predicted octanol–water partition coefficient (Wildman–Crippen LogP) is 5.63. The minimum Gasteiger partial charge on any atom is -0.495 e. The van der Waals surface area contributed by atoms with Gasteiger partial charge in [0.15, 0.2) is 0 Å². The molecular formula is C31H37N5O4S. The van der Waals surface area contributed by atoms with Crippen LogP contribution >= 0.6 is 0 Å². The number of unbranched alkanes of at least 4 members (excludes halogenated alkanes) is 1. The van der Waals surface area contributed by atoms with E-state index >= 15 is 0 Å². The van der Waals surface area contributed by atoms with E-state index in [1.54, 1.807) is 35.7 Å². The molecule has 4 aromatic rings. The number of rotatable bonds is 11. The van der Waals surface area contributed by atoms with E-state index in [2.05, 4.69) is 24.1 Å². The number of nitrogens with one attached hydrogen (secondary N) is 1. The van der Waals surface area contributed by atoms with Crippen molar-refractivity contribution >= 4 is 32.4 Å². The Balaban J connectivity index is 1.30. The molecule has 0 radical (unpaired) electrons. The summed E-state index contributed by atoms with van der Waals surface area (Å²) in [5, 5.41) is 4.35. The first-order chi connectivity index (χ1) is 19.9. The van der Waals surface area contributed by atoms with Gasteiger partial charge in [0.25, 0.3) is 0 Å². The standard InChI is InChI=1S/C31H37N5O4S/c1-4-5-22-40-24-14-16-25(17-15-24)41(37,38)36-20-18-35(19-21-36)23(2)30-32-27-11-7-6-10-26(27)31(34-30)33-28-12-8-9-13-29(28)39-3/h6-17,23H,4-5,18-22H2,1-3H3,(H,32,33,34). The van der Waals surface area contributed by atoms with E-state index < -0.39 is 10.0 Å². The van der Waals surface area contributed by atoms with Gasteiger partial charge in [-0.05, 0) is 61.9 Å². The second kappa shape index (κ2) is 12.8. The number of piperazine rings is 1. The number of nitrogens with zero attached hydrogens (tertiary/aromatic N) is 4. The molecule has 10 heteroatoms. The summed E-state index contributed by atoms with van der Waals surface area (Å²) >= 11 is 0. The lowest BCUT2D eigenvalue weighted by Crippen LogP contribution is -2.49. The van der Waals surface area contributed by atoms with Crippen molar-refractivity contribution in [3.63, 3.8) is 0 Å². The first-order valence-corrected chi connectivity index (χ1v) is 15.5. The van der Waals surface area contributed by atoms with E-state index in [-0.39, 0.29) is 10.9 Å². The number of fused-ring (bicyclic) bond motifs is 1. The summed E-state index contributed by atoms with van der Waals surface area (Å²) in [6.07, 6.45) is 2.01. The quantitative estimate of drug-likeness (QED) is 0.230. The Morgan fingerprint density at radius 1 is 0.927 bits per heavy atom. The van der Waals surface area contributed by atoms with Gasteiger partial charge in [-0.3, -0.25) is 4.90 Å². The molecule has 3 aromatic carbocycles. The van der Waals surface area contributed by atoms with Gasteiger partial charge < -0.3 is 14.8 Å². The third-order valence-corrected chi connectivity index (χ3v) is 9.32. The van der Waals surface area contributed by atoms with Gasteiger partial charge in [-0.25, -0.2) is 18.4 Å². The topological polar surface area (TPSA) is 96.9 Å². The van der Waals surface area contributed by atoms with Crippen LogP contribution in [0.25, 0.3) is 10.9 Å². The van der Waals surface area contributed by atoms with Crippen molar-refractivity contribution in [2.45, 2.75) is 37.6 Å². The number of aromatic nitrogens is 2. The number of sulfonamides is 1. The summed E-state index contributed by atoms with van der Waals surface area (Å²) in [5.41, 5.74) is 1.65. The van der Waals surface area contributed by atoms with Crippen LogP contribution in [0.2, 0.25) is 0 Å². The molecule has 0 amide bonds. The van der Waals surface area contributed by atoms with Gasteiger partial charge in [0.1, 0.15) is 23.1 Å². The van der Waals surface area contributed by atoms with Crippen LogP contribution in [0.15, 0.2) is 77.7 Å². The molecule has 1 atom stereocenters. The lowest BCUT2D eigenvalue weighted by atomic mass is 10.2. The minimum absolute atomic E-state index is 0.109. The monoisotopic (exact) mass is 575 g/mol. The maximum absolute atomic E-state index is 13.3. The second-order valence-corrected chi connectivity index (χ2v) is 12.0. The molecular weight excluding hydrogens is 538 g/mol. The number of benzene rings is 3. The number of methoxy groups -OCH3 is 1. The zero-order valence-corrected chi connectivity index (χ0v) is 24.6. The van der Waals surface area contributed by atoms with Crippen molar-refractivity contribution in [1.82, 2.24) is 19.2 Å². The summed E-state index contributed by atoms with van der Waals surface area (Å²) in [6, 6.07) is 22.2. The van der Waals surface area contributed by atoms with Crippen molar-refractivity contribution < 1.29 is 17.9 Å². The highest BCUT2D eigenvalue weighted by molar-refractivity contribution is 7.89. The normalized spacial score (nSPS) is 15.5. The largest absolute Gasteiger partial charge is 0.495 e. The zero-order chi connectivity index (χ0) is 28.8. The molecule has 216 valence electrons. The molecule has 1 saturated heterocycles. The zero-order valence-electron chi connectivity index (χ0n) is 23.8. The number of hydrogen-bond acceptors (Lipinski definition) is 8. The van der Waals surface area contributed by atoms with Crippen LogP contribution in [0.4, 0.5) is 11.5 Å². The van der Waals surface area contributed by atoms with Gasteiger partial charge in [-0.15, -0.1) is 0 Å². The molecule has 1 aliphatic rings. The van der Waals surface area contributed by atoms with Crippen molar-refractivity contribution in [3.05, 3.63) is 78.6 Å². The Labute approximate surface area is 242 Å². The molecule has 0 saturated carbocycles. The Bertz CT molecular complexity index is 1570. The number of ether oxygens (including phenoxy) is 2. The van der Waals surface area contributed by atoms with Gasteiger partial charge >= 0.3 is 0 Å². The molecule has 0 aliphatic carbocycles. The summed E-state index contributed by atoms with van der Waals surface area (Å²) in [6.45, 7) is 6.73. The van der Waals surface area contributed by atoms with Crippen LogP contribution in [0, 0.1) is 0 Å². The van der Waals surface area contributed by atoms with Crippen LogP contribution < -0.4 is 14.8 Å². The number of para-hydroxylation sites is 3. The molecule has 1 fully saturated rings. The summed E-state index contributed by atoms with van der Waals surface area (Å²) in [4.78, 5) is 12.3. The third kappa shape index (κ3) is 6.45. The molecule has 0 spiro atoms. The van der Waals surface area contributed by atoms with E-state index in [0.29, 0.717) is 50.2 Å². The molecule has 41 heavy (non-hydrogen) atoms. The van der Waals surface area contributed by atoms with Crippen molar-refractivity contribution in [2.24, 2.45) is 0 Å². The van der Waals surface area contributed by atoms with Gasteiger partial charge in [0.2, 0.25) is 10.0 Å². The minimum atomic E-state index is -3.60. The second-order valence-electron chi connectivity index (χ2n) is 10.1. The predicted molar refractivity (Wildman–Crippen MR) is 161 cm³/mol. The molecule has 9 nitrogen and oxygen atoms in total. The molecule has 5 rings (SSSR count). The van der Waals surface area contributed by atoms with Crippen LogP contribution in [-0.2, 0) is 10.0 Å². The fourth-order valence-corrected chi connectivity index (χ4v) is 6.36. The molecule has 1 aliphatic heterocycles. The number of hydrogen-bond donors (Lipinski definition) is 1. The van der Waals surface area contributed by atoms with E-state index in [4.69, 9.17) is 19.4 Å². The van der Waals surface area contributed by atoms with Crippen LogP contribution in [0.3, 0.4) is 0 Å². The van der Waals surface area contributed by atoms with Crippen molar-refractivity contribution in [1.29, 1.82) is 0 Å². The Morgan fingerprint density at radius 2 is 1.63 bits per heavy atom. The fourth-order valence-electron chi connectivity index (χ4n) is 4.94. The van der Waals surface area contributed by atoms with Crippen molar-refractivity contribution in [2.75, 3.05) is 45.2 Å². The molecule has 1 unspecified atom stereocenters. The lowest BCUT2D eigenvalue weighted by Gasteiger charge is -2.36. The summed E-state index contributed by atoms with van der Waals surface area (Å²) < 4.78 is 39.5. The Hall–Kier alpha value is -3.73. The highest BCUT2D eigenvalue weighted by Gasteiger charge is 2.31. The Morgan fingerprint density at radius 3 is 2.37 bits per heavy atom. The van der Waals surface area contributed by atoms with Crippen LogP contribution in [0.1, 0.15) is 38.6 Å². The van der Waals surface area contributed by atoms with Gasteiger partial charge in [0, 0.05) is 31.6 Å². The van der Waals surface area contributed by atoms with Crippen molar-refractivity contribution in [3.8, 4) is 11.5 Å².